The van der Waals surface area contributed by atoms with E-state index in [2.05, 4.69) is 22.7 Å². The molecule has 0 spiro atoms. The molecule has 0 bridgehead atoms. The standard InChI is InChI=1S/C10H14N4S/c1-14(2)9-5-3-8(4-6-9)7-12-10(15)13-11/h3-7H,11H2,1-2H3,(H,13,15). The zero-order chi connectivity index (χ0) is 11.3. The maximum absolute atomic E-state index is 4.99. The van der Waals surface area contributed by atoms with E-state index in [4.69, 9.17) is 5.84 Å². The molecule has 80 valence electrons. The van der Waals surface area contributed by atoms with Crippen molar-refractivity contribution in [3.8, 4) is 0 Å². The Labute approximate surface area is 94.9 Å². The van der Waals surface area contributed by atoms with Gasteiger partial charge in [0.05, 0.1) is 0 Å². The Hall–Kier alpha value is -1.49. The van der Waals surface area contributed by atoms with Crippen molar-refractivity contribution in [3.63, 3.8) is 0 Å². The van der Waals surface area contributed by atoms with Crippen molar-refractivity contribution < 1.29 is 0 Å². The van der Waals surface area contributed by atoms with Crippen LogP contribution < -0.4 is 10.7 Å². The highest BCUT2D eigenvalue weighted by atomic mass is 32.1. The molecule has 0 saturated carbocycles. The summed E-state index contributed by atoms with van der Waals surface area (Å²) in [5.41, 5.74) is 2.13. The maximum atomic E-state index is 4.99. The van der Waals surface area contributed by atoms with Gasteiger partial charge < -0.3 is 10.7 Å². The van der Waals surface area contributed by atoms with Crippen molar-refractivity contribution in [2.45, 2.75) is 0 Å². The number of hydrogen-bond donors (Lipinski definition) is 2. The Kier molecular flexibility index (Phi) is 4.17. The van der Waals surface area contributed by atoms with E-state index < -0.39 is 0 Å². The Morgan fingerprint density at radius 2 is 1.93 bits per heavy atom. The number of hydrazone groups is 1. The predicted octanol–water partition coefficient (Wildman–Crippen LogP) is 1.33. The van der Waals surface area contributed by atoms with Crippen LogP contribution in [0.4, 0.5) is 5.69 Å². The zero-order valence-corrected chi connectivity index (χ0v) is 9.65. The number of anilines is 1. The topological polar surface area (TPSA) is 54.0 Å². The van der Waals surface area contributed by atoms with Gasteiger partial charge in [-0.15, -0.1) is 12.6 Å². The van der Waals surface area contributed by atoms with E-state index in [1.54, 1.807) is 6.21 Å². The quantitative estimate of drug-likeness (QED) is 0.261. The Morgan fingerprint density at radius 3 is 2.40 bits per heavy atom. The van der Waals surface area contributed by atoms with E-state index in [-0.39, 0.29) is 5.17 Å². The summed E-state index contributed by atoms with van der Waals surface area (Å²) >= 11 is 3.93. The second-order valence-electron chi connectivity index (χ2n) is 3.17. The van der Waals surface area contributed by atoms with Gasteiger partial charge in [0, 0.05) is 26.0 Å². The lowest BCUT2D eigenvalue weighted by molar-refractivity contribution is 1.13. The molecule has 4 nitrogen and oxygen atoms in total. The summed E-state index contributed by atoms with van der Waals surface area (Å²) in [5, 5.41) is 3.58. The first-order valence-corrected chi connectivity index (χ1v) is 4.86. The van der Waals surface area contributed by atoms with Crippen LogP contribution in [0, 0.1) is 0 Å². The van der Waals surface area contributed by atoms with E-state index in [1.807, 2.05) is 43.3 Å². The summed E-state index contributed by atoms with van der Waals surface area (Å²) < 4.78 is 0. The van der Waals surface area contributed by atoms with Gasteiger partial charge in [-0.1, -0.05) is 12.1 Å². The Bertz CT molecular complexity index is 368. The van der Waals surface area contributed by atoms with Gasteiger partial charge in [-0.25, -0.2) is 4.99 Å². The lowest BCUT2D eigenvalue weighted by Gasteiger charge is -2.11. The van der Waals surface area contributed by atoms with Crippen LogP contribution in [-0.2, 0) is 0 Å². The van der Waals surface area contributed by atoms with Crippen LogP contribution in [0.5, 0.6) is 0 Å². The van der Waals surface area contributed by atoms with Crippen molar-refractivity contribution in [1.82, 2.24) is 0 Å². The molecule has 0 atom stereocenters. The third kappa shape index (κ3) is 3.63. The molecule has 1 aromatic carbocycles. The average molecular weight is 222 g/mol. The van der Waals surface area contributed by atoms with Crippen molar-refractivity contribution >= 4 is 29.7 Å². The Morgan fingerprint density at radius 1 is 1.33 bits per heavy atom. The molecule has 0 aromatic heterocycles. The van der Waals surface area contributed by atoms with E-state index in [0.29, 0.717) is 0 Å². The van der Waals surface area contributed by atoms with Gasteiger partial charge in [0.25, 0.3) is 0 Å². The van der Waals surface area contributed by atoms with Crippen LogP contribution in [-0.4, -0.2) is 25.5 Å². The van der Waals surface area contributed by atoms with Gasteiger partial charge in [0.1, 0.15) is 0 Å². The third-order valence-electron chi connectivity index (χ3n) is 1.85. The summed E-state index contributed by atoms with van der Waals surface area (Å²) in [6.45, 7) is 0. The first-order valence-electron chi connectivity index (χ1n) is 4.42. The molecule has 0 saturated heterocycles. The molecule has 0 radical (unpaired) electrons. The minimum absolute atomic E-state index is 0.256. The lowest BCUT2D eigenvalue weighted by atomic mass is 10.2. The normalized spacial score (nSPS) is 12.1. The molecule has 0 amide bonds. The van der Waals surface area contributed by atoms with Gasteiger partial charge in [0.15, 0.2) is 0 Å². The number of rotatable bonds is 2. The van der Waals surface area contributed by atoms with Crippen LogP contribution in [0.15, 0.2) is 34.4 Å². The fourth-order valence-corrected chi connectivity index (χ4v) is 1.08. The number of nitrogens with two attached hydrogens (primary N) is 1. The molecular formula is C10H14N4S. The van der Waals surface area contributed by atoms with Gasteiger partial charge in [-0.2, -0.15) is 5.10 Å². The summed E-state index contributed by atoms with van der Waals surface area (Å²) in [6.07, 6.45) is 1.66. The lowest BCUT2D eigenvalue weighted by Crippen LogP contribution is -2.08. The van der Waals surface area contributed by atoms with Gasteiger partial charge in [-0.05, 0) is 17.7 Å². The molecule has 0 aliphatic rings. The van der Waals surface area contributed by atoms with Gasteiger partial charge in [0.2, 0.25) is 5.17 Å². The van der Waals surface area contributed by atoms with Crippen molar-refractivity contribution in [3.05, 3.63) is 29.8 Å². The summed E-state index contributed by atoms with van der Waals surface area (Å²) in [6, 6.07) is 7.96. The highest BCUT2D eigenvalue weighted by Gasteiger charge is 1.93. The second-order valence-corrected chi connectivity index (χ2v) is 3.57. The largest absolute Gasteiger partial charge is 0.378 e. The minimum atomic E-state index is 0.256. The Balaban J connectivity index is 2.77. The number of benzene rings is 1. The van der Waals surface area contributed by atoms with Crippen LogP contribution in [0.1, 0.15) is 5.56 Å². The smallest absolute Gasteiger partial charge is 0.202 e. The molecule has 2 N–H and O–H groups in total. The molecule has 1 rings (SSSR count). The van der Waals surface area contributed by atoms with Crippen molar-refractivity contribution in [2.75, 3.05) is 19.0 Å². The van der Waals surface area contributed by atoms with Crippen LogP contribution in [0.3, 0.4) is 0 Å². The highest BCUT2D eigenvalue weighted by Crippen LogP contribution is 2.10. The van der Waals surface area contributed by atoms with Gasteiger partial charge in [-0.3, -0.25) is 0 Å². The SMILES string of the molecule is CN(C)c1ccc(C=NC(S)=NN)cc1. The van der Waals surface area contributed by atoms with Crippen LogP contribution in [0.25, 0.3) is 0 Å². The average Bonchev–Trinajstić information content (AvgIpc) is 2.26. The molecule has 0 unspecified atom stereocenters. The third-order valence-corrected chi connectivity index (χ3v) is 2.08. The molecule has 5 heteroatoms. The number of amidine groups is 1. The van der Waals surface area contributed by atoms with E-state index in [1.165, 1.54) is 0 Å². The number of nitrogens with zero attached hydrogens (tertiary/aromatic N) is 3. The summed E-state index contributed by atoms with van der Waals surface area (Å²) in [4.78, 5) is 5.97. The maximum Gasteiger partial charge on any atom is 0.202 e. The fraction of sp³-hybridized carbons (Fsp3) is 0.200. The van der Waals surface area contributed by atoms with Crippen molar-refractivity contribution in [2.24, 2.45) is 15.9 Å². The molecule has 0 aliphatic heterocycles. The molecule has 0 fully saturated rings. The number of thiol groups is 1. The molecule has 0 aliphatic carbocycles. The summed E-state index contributed by atoms with van der Waals surface area (Å²) in [7, 11) is 3.99. The van der Waals surface area contributed by atoms with E-state index >= 15 is 0 Å². The predicted molar refractivity (Wildman–Crippen MR) is 69.0 cm³/mol. The second kappa shape index (κ2) is 5.41. The first-order chi connectivity index (χ1) is 7.13. The number of aliphatic imine (C=N–C) groups is 1. The monoisotopic (exact) mass is 222 g/mol. The van der Waals surface area contributed by atoms with Crippen LogP contribution >= 0.6 is 12.6 Å². The fourth-order valence-electron chi connectivity index (χ4n) is 1.02. The van der Waals surface area contributed by atoms with E-state index in [0.717, 1.165) is 11.3 Å². The van der Waals surface area contributed by atoms with Gasteiger partial charge >= 0.3 is 0 Å². The molecule has 0 heterocycles. The van der Waals surface area contributed by atoms with Crippen molar-refractivity contribution in [1.29, 1.82) is 0 Å². The van der Waals surface area contributed by atoms with Crippen LogP contribution in [0.2, 0.25) is 0 Å². The molecule has 15 heavy (non-hydrogen) atoms. The molecular weight excluding hydrogens is 208 g/mol. The highest BCUT2D eigenvalue weighted by molar-refractivity contribution is 7.96. The number of hydrogen-bond acceptors (Lipinski definition) is 3. The minimum Gasteiger partial charge on any atom is -0.378 e. The zero-order valence-electron chi connectivity index (χ0n) is 8.75. The molecule has 1 aromatic rings. The summed E-state index contributed by atoms with van der Waals surface area (Å²) in [5.74, 6) is 4.99. The first kappa shape index (κ1) is 11.6. The van der Waals surface area contributed by atoms with E-state index in [9.17, 15) is 0 Å².